The third-order valence-corrected chi connectivity index (χ3v) is 4.58. The zero-order valence-corrected chi connectivity index (χ0v) is 14.2. The molecular weight excluding hydrogens is 280 g/mol. The van der Waals surface area contributed by atoms with Crippen LogP contribution >= 0.6 is 0 Å². The number of carbonyl (C=O) groups excluding carboxylic acids is 2. The van der Waals surface area contributed by atoms with Crippen molar-refractivity contribution in [3.8, 4) is 0 Å². The zero-order valence-electron chi connectivity index (χ0n) is 14.2. The van der Waals surface area contributed by atoms with Crippen molar-refractivity contribution in [2.24, 2.45) is 0 Å². The van der Waals surface area contributed by atoms with Crippen molar-refractivity contribution in [2.45, 2.75) is 45.7 Å². The van der Waals surface area contributed by atoms with Gasteiger partial charge in [0.25, 0.3) is 0 Å². The predicted molar refractivity (Wildman–Crippen MR) is 86.6 cm³/mol. The van der Waals surface area contributed by atoms with E-state index in [-0.39, 0.29) is 23.9 Å². The van der Waals surface area contributed by atoms with E-state index in [0.717, 1.165) is 39.3 Å². The summed E-state index contributed by atoms with van der Waals surface area (Å²) in [5, 5.41) is 2.95. The molecule has 6 heteroatoms. The Morgan fingerprint density at radius 3 is 2.09 bits per heavy atom. The second kappa shape index (κ2) is 7.92. The molecule has 0 bridgehead atoms. The van der Waals surface area contributed by atoms with Gasteiger partial charge in [-0.25, -0.2) is 0 Å². The van der Waals surface area contributed by atoms with Gasteiger partial charge in [0.1, 0.15) is 0 Å². The summed E-state index contributed by atoms with van der Waals surface area (Å²) in [4.78, 5) is 30.7. The van der Waals surface area contributed by atoms with Crippen molar-refractivity contribution >= 4 is 11.8 Å². The van der Waals surface area contributed by atoms with Crippen LogP contribution in [0.4, 0.5) is 0 Å². The summed E-state index contributed by atoms with van der Waals surface area (Å²) in [5.74, 6) is 0.313. The molecule has 1 atom stereocenters. The lowest BCUT2D eigenvalue weighted by molar-refractivity contribution is -0.135. The molecule has 2 fully saturated rings. The minimum atomic E-state index is -0.127. The summed E-state index contributed by atoms with van der Waals surface area (Å²) in [6, 6.07) is 0.0384. The minimum Gasteiger partial charge on any atom is -0.353 e. The lowest BCUT2D eigenvalue weighted by atomic mass is 10.2. The van der Waals surface area contributed by atoms with Crippen LogP contribution in [-0.4, -0.2) is 84.4 Å². The molecule has 0 spiro atoms. The molecule has 6 nitrogen and oxygen atoms in total. The van der Waals surface area contributed by atoms with Crippen LogP contribution in [0.5, 0.6) is 0 Å². The molecule has 0 radical (unpaired) electrons. The largest absolute Gasteiger partial charge is 0.353 e. The number of rotatable bonds is 5. The number of hydrogen-bond acceptors (Lipinski definition) is 4. The van der Waals surface area contributed by atoms with E-state index in [2.05, 4.69) is 15.1 Å². The highest BCUT2D eigenvalue weighted by Crippen LogP contribution is 2.10. The number of nitrogens with one attached hydrogen (secondary N) is 1. The first kappa shape index (κ1) is 17.2. The van der Waals surface area contributed by atoms with Gasteiger partial charge >= 0.3 is 0 Å². The molecule has 0 aromatic heterocycles. The van der Waals surface area contributed by atoms with Crippen LogP contribution in [-0.2, 0) is 9.59 Å². The molecular formula is C16H30N4O2. The molecule has 2 amide bonds. The highest BCUT2D eigenvalue weighted by molar-refractivity contribution is 5.81. The van der Waals surface area contributed by atoms with Gasteiger partial charge in [0.05, 0.1) is 12.6 Å². The maximum absolute atomic E-state index is 12.3. The summed E-state index contributed by atoms with van der Waals surface area (Å²) in [6.45, 7) is 11.6. The van der Waals surface area contributed by atoms with Crippen molar-refractivity contribution in [2.75, 3.05) is 45.8 Å². The number of piperazine rings is 1. The van der Waals surface area contributed by atoms with Gasteiger partial charge in [0.15, 0.2) is 0 Å². The van der Waals surface area contributed by atoms with E-state index < -0.39 is 0 Å². The monoisotopic (exact) mass is 310 g/mol. The molecule has 126 valence electrons. The van der Waals surface area contributed by atoms with Gasteiger partial charge < -0.3 is 10.2 Å². The van der Waals surface area contributed by atoms with E-state index >= 15 is 0 Å². The minimum absolute atomic E-state index is 0.0758. The van der Waals surface area contributed by atoms with Gasteiger partial charge in [-0.15, -0.1) is 0 Å². The number of nitrogens with zero attached hydrogens (tertiary/aromatic N) is 3. The molecule has 0 saturated carbocycles. The van der Waals surface area contributed by atoms with Crippen LogP contribution < -0.4 is 5.32 Å². The first-order valence-electron chi connectivity index (χ1n) is 8.52. The van der Waals surface area contributed by atoms with Crippen molar-refractivity contribution in [1.29, 1.82) is 0 Å². The smallest absolute Gasteiger partial charge is 0.237 e. The Morgan fingerprint density at radius 2 is 1.55 bits per heavy atom. The number of hydrogen-bond donors (Lipinski definition) is 1. The van der Waals surface area contributed by atoms with E-state index in [4.69, 9.17) is 0 Å². The number of amides is 2. The quantitative estimate of drug-likeness (QED) is 0.785. The van der Waals surface area contributed by atoms with Crippen molar-refractivity contribution in [1.82, 2.24) is 20.0 Å². The molecule has 2 heterocycles. The van der Waals surface area contributed by atoms with Crippen LogP contribution in [0.25, 0.3) is 0 Å². The fourth-order valence-electron chi connectivity index (χ4n) is 3.16. The molecule has 0 aromatic rings. The molecule has 2 rings (SSSR count). The standard InChI is InChI=1S/C16H30N4O2/c1-13(2)17-16(22)14(3)19-8-10-20(11-9-19)15(21)12-18-6-4-5-7-18/h13-14H,4-12H2,1-3H3,(H,17,22)/t14-/m1/s1. The Kier molecular flexibility index (Phi) is 6.20. The number of likely N-dealkylation sites (tertiary alicyclic amines) is 1. The van der Waals surface area contributed by atoms with E-state index in [1.54, 1.807) is 0 Å². The molecule has 2 saturated heterocycles. The lowest BCUT2D eigenvalue weighted by Gasteiger charge is -2.38. The van der Waals surface area contributed by atoms with Gasteiger partial charge in [-0.3, -0.25) is 19.4 Å². The molecule has 0 unspecified atom stereocenters. The Labute approximate surface area is 133 Å². The highest BCUT2D eigenvalue weighted by Gasteiger charge is 2.28. The first-order valence-corrected chi connectivity index (χ1v) is 8.52. The van der Waals surface area contributed by atoms with Crippen LogP contribution in [0, 0.1) is 0 Å². The summed E-state index contributed by atoms with van der Waals surface area (Å²) in [5.41, 5.74) is 0. The topological polar surface area (TPSA) is 55.9 Å². The Bertz CT molecular complexity index is 386. The summed E-state index contributed by atoms with van der Waals surface area (Å²) >= 11 is 0. The van der Waals surface area contributed by atoms with Gasteiger partial charge in [0, 0.05) is 32.2 Å². The SMILES string of the molecule is CC(C)NC(=O)[C@@H](C)N1CCN(C(=O)CN2CCCC2)CC1. The second-order valence-electron chi connectivity index (χ2n) is 6.74. The number of carbonyl (C=O) groups is 2. The fourth-order valence-corrected chi connectivity index (χ4v) is 3.16. The van der Waals surface area contributed by atoms with Crippen LogP contribution in [0.3, 0.4) is 0 Å². The average Bonchev–Trinajstić information content (AvgIpc) is 2.98. The summed E-state index contributed by atoms with van der Waals surface area (Å²) < 4.78 is 0. The Hall–Kier alpha value is -1.14. The third-order valence-electron chi connectivity index (χ3n) is 4.58. The maximum atomic E-state index is 12.3. The summed E-state index contributed by atoms with van der Waals surface area (Å²) in [7, 11) is 0. The maximum Gasteiger partial charge on any atom is 0.237 e. The summed E-state index contributed by atoms with van der Waals surface area (Å²) in [6.07, 6.45) is 2.42. The van der Waals surface area contributed by atoms with E-state index in [1.807, 2.05) is 25.7 Å². The average molecular weight is 310 g/mol. The fraction of sp³-hybridized carbons (Fsp3) is 0.875. The van der Waals surface area contributed by atoms with E-state index in [9.17, 15) is 9.59 Å². The van der Waals surface area contributed by atoms with Crippen LogP contribution in [0.2, 0.25) is 0 Å². The molecule has 2 aliphatic rings. The van der Waals surface area contributed by atoms with Gasteiger partial charge in [-0.05, 0) is 46.7 Å². The highest BCUT2D eigenvalue weighted by atomic mass is 16.2. The van der Waals surface area contributed by atoms with Gasteiger partial charge in [0.2, 0.25) is 11.8 Å². The molecule has 0 aromatic carbocycles. The second-order valence-corrected chi connectivity index (χ2v) is 6.74. The zero-order chi connectivity index (χ0) is 16.1. The third kappa shape index (κ3) is 4.68. The van der Waals surface area contributed by atoms with Crippen LogP contribution in [0.15, 0.2) is 0 Å². The van der Waals surface area contributed by atoms with Gasteiger partial charge in [-0.1, -0.05) is 0 Å². The molecule has 0 aliphatic carbocycles. The first-order chi connectivity index (χ1) is 10.5. The van der Waals surface area contributed by atoms with E-state index in [0.29, 0.717) is 6.54 Å². The van der Waals surface area contributed by atoms with Crippen molar-refractivity contribution in [3.63, 3.8) is 0 Å². The van der Waals surface area contributed by atoms with Gasteiger partial charge in [-0.2, -0.15) is 0 Å². The predicted octanol–water partition coefficient (Wildman–Crippen LogP) is 0.140. The molecule has 2 aliphatic heterocycles. The Morgan fingerprint density at radius 1 is 0.955 bits per heavy atom. The lowest BCUT2D eigenvalue weighted by Crippen LogP contribution is -2.56. The Balaban J connectivity index is 1.74. The normalized spacial score (nSPS) is 22.1. The molecule has 1 N–H and O–H groups in total. The van der Waals surface area contributed by atoms with E-state index in [1.165, 1.54) is 12.8 Å². The molecule has 22 heavy (non-hydrogen) atoms. The van der Waals surface area contributed by atoms with Crippen molar-refractivity contribution < 1.29 is 9.59 Å². The van der Waals surface area contributed by atoms with Crippen molar-refractivity contribution in [3.05, 3.63) is 0 Å². The van der Waals surface area contributed by atoms with Crippen LogP contribution in [0.1, 0.15) is 33.6 Å².